The summed E-state index contributed by atoms with van der Waals surface area (Å²) in [6.45, 7) is 1.56. The van der Waals surface area contributed by atoms with E-state index in [1.807, 2.05) is 60.7 Å². The van der Waals surface area contributed by atoms with E-state index in [2.05, 4.69) is 12.1 Å². The first-order chi connectivity index (χ1) is 12.7. The lowest BCUT2D eigenvalue weighted by Crippen LogP contribution is -2.39. The van der Waals surface area contributed by atoms with Crippen LogP contribution in [-0.2, 0) is 4.79 Å². The lowest BCUT2D eigenvalue weighted by Gasteiger charge is -2.37. The molecule has 3 aromatic rings. The van der Waals surface area contributed by atoms with Crippen molar-refractivity contribution in [1.29, 1.82) is 0 Å². The third-order valence-electron chi connectivity index (χ3n) is 4.90. The molecule has 1 atom stereocenters. The van der Waals surface area contributed by atoms with Gasteiger partial charge in [0.25, 0.3) is 0 Å². The van der Waals surface area contributed by atoms with Crippen LogP contribution in [0.5, 0.6) is 0 Å². The molecule has 0 fully saturated rings. The Labute approximate surface area is 152 Å². The molecule has 0 aliphatic carbocycles. The summed E-state index contributed by atoms with van der Waals surface area (Å²) >= 11 is 0. The van der Waals surface area contributed by atoms with Gasteiger partial charge in [0.15, 0.2) is 5.78 Å². The average molecular weight is 341 g/mol. The van der Waals surface area contributed by atoms with Crippen LogP contribution in [0.4, 0.5) is 5.69 Å². The van der Waals surface area contributed by atoms with E-state index in [-0.39, 0.29) is 17.7 Å². The SMILES string of the molecule is CC(=O)N1c2ccccc2C(=O)CC1c1ccccc1-c1ccccc1. The highest BCUT2D eigenvalue weighted by Gasteiger charge is 2.35. The van der Waals surface area contributed by atoms with Gasteiger partial charge in [-0.15, -0.1) is 0 Å². The second kappa shape index (κ2) is 6.60. The summed E-state index contributed by atoms with van der Waals surface area (Å²) in [7, 11) is 0. The van der Waals surface area contributed by atoms with Gasteiger partial charge >= 0.3 is 0 Å². The fourth-order valence-electron chi connectivity index (χ4n) is 3.77. The first-order valence-electron chi connectivity index (χ1n) is 8.73. The number of hydrogen-bond donors (Lipinski definition) is 0. The van der Waals surface area contributed by atoms with Gasteiger partial charge in [0.05, 0.1) is 11.7 Å². The van der Waals surface area contributed by atoms with Crippen LogP contribution in [0.3, 0.4) is 0 Å². The van der Waals surface area contributed by atoms with E-state index in [1.165, 1.54) is 0 Å². The molecule has 128 valence electrons. The molecule has 0 saturated heterocycles. The molecule has 0 spiro atoms. The molecule has 3 nitrogen and oxygen atoms in total. The van der Waals surface area contributed by atoms with Crippen molar-refractivity contribution in [2.24, 2.45) is 0 Å². The summed E-state index contributed by atoms with van der Waals surface area (Å²) in [6, 6.07) is 25.2. The van der Waals surface area contributed by atoms with Crippen LogP contribution >= 0.6 is 0 Å². The van der Waals surface area contributed by atoms with Gasteiger partial charge in [-0.1, -0.05) is 66.7 Å². The molecular formula is C23H19NO2. The van der Waals surface area contributed by atoms with E-state index in [1.54, 1.807) is 17.9 Å². The topological polar surface area (TPSA) is 37.4 Å². The molecule has 1 heterocycles. The van der Waals surface area contributed by atoms with Crippen molar-refractivity contribution in [2.75, 3.05) is 4.90 Å². The summed E-state index contributed by atoms with van der Waals surface area (Å²) < 4.78 is 0. The Morgan fingerprint density at radius 3 is 2.19 bits per heavy atom. The predicted molar refractivity (Wildman–Crippen MR) is 103 cm³/mol. The van der Waals surface area contributed by atoms with E-state index in [0.29, 0.717) is 17.7 Å². The van der Waals surface area contributed by atoms with Crippen LogP contribution in [0.15, 0.2) is 78.9 Å². The van der Waals surface area contributed by atoms with Gasteiger partial charge in [-0.05, 0) is 28.8 Å². The zero-order chi connectivity index (χ0) is 18.1. The maximum absolute atomic E-state index is 12.7. The molecule has 0 N–H and O–H groups in total. The Hall–Kier alpha value is -3.20. The van der Waals surface area contributed by atoms with E-state index in [4.69, 9.17) is 0 Å². The van der Waals surface area contributed by atoms with E-state index in [9.17, 15) is 9.59 Å². The van der Waals surface area contributed by atoms with Crippen molar-refractivity contribution < 1.29 is 9.59 Å². The quantitative estimate of drug-likeness (QED) is 0.655. The van der Waals surface area contributed by atoms with Crippen molar-refractivity contribution in [1.82, 2.24) is 0 Å². The number of anilines is 1. The van der Waals surface area contributed by atoms with E-state index < -0.39 is 0 Å². The zero-order valence-corrected chi connectivity index (χ0v) is 14.6. The van der Waals surface area contributed by atoms with Crippen LogP contribution in [0, 0.1) is 0 Å². The van der Waals surface area contributed by atoms with Gasteiger partial charge in [-0.25, -0.2) is 0 Å². The highest BCUT2D eigenvalue weighted by Crippen LogP contribution is 2.41. The minimum Gasteiger partial charge on any atom is -0.304 e. The summed E-state index contributed by atoms with van der Waals surface area (Å²) in [5.41, 5.74) is 4.45. The maximum atomic E-state index is 12.7. The van der Waals surface area contributed by atoms with Crippen molar-refractivity contribution in [3.8, 4) is 11.1 Å². The third-order valence-corrected chi connectivity index (χ3v) is 4.90. The van der Waals surface area contributed by atoms with Crippen LogP contribution < -0.4 is 4.90 Å². The van der Waals surface area contributed by atoms with Crippen LogP contribution in [0.25, 0.3) is 11.1 Å². The van der Waals surface area contributed by atoms with Gasteiger partial charge in [0.2, 0.25) is 5.91 Å². The smallest absolute Gasteiger partial charge is 0.224 e. The molecule has 0 bridgehead atoms. The molecule has 1 aliphatic heterocycles. The largest absolute Gasteiger partial charge is 0.304 e. The number of carbonyl (C=O) groups is 2. The van der Waals surface area contributed by atoms with Gasteiger partial charge < -0.3 is 4.90 Å². The maximum Gasteiger partial charge on any atom is 0.224 e. The number of nitrogens with zero attached hydrogens (tertiary/aromatic N) is 1. The van der Waals surface area contributed by atoms with Crippen molar-refractivity contribution in [3.63, 3.8) is 0 Å². The van der Waals surface area contributed by atoms with Gasteiger partial charge in [0.1, 0.15) is 0 Å². The zero-order valence-electron chi connectivity index (χ0n) is 14.6. The Bertz CT molecular complexity index is 978. The normalized spacial score (nSPS) is 16.3. The number of fused-ring (bicyclic) bond motifs is 1. The lowest BCUT2D eigenvalue weighted by molar-refractivity contribution is -0.117. The van der Waals surface area contributed by atoms with E-state index >= 15 is 0 Å². The van der Waals surface area contributed by atoms with Crippen LogP contribution in [-0.4, -0.2) is 11.7 Å². The Morgan fingerprint density at radius 1 is 0.846 bits per heavy atom. The molecule has 4 rings (SSSR count). The number of para-hydroxylation sites is 1. The molecule has 1 aliphatic rings. The van der Waals surface area contributed by atoms with Gasteiger partial charge in [-0.2, -0.15) is 0 Å². The molecule has 0 saturated carbocycles. The number of Topliss-reactive ketones (excluding diaryl/α,β-unsaturated/α-hetero) is 1. The van der Waals surface area contributed by atoms with Crippen molar-refractivity contribution in [2.45, 2.75) is 19.4 Å². The average Bonchev–Trinajstić information content (AvgIpc) is 2.68. The fourth-order valence-corrected chi connectivity index (χ4v) is 3.77. The Kier molecular flexibility index (Phi) is 4.13. The minimum atomic E-state index is -0.300. The van der Waals surface area contributed by atoms with Crippen molar-refractivity contribution in [3.05, 3.63) is 90.0 Å². The minimum absolute atomic E-state index is 0.0576. The number of benzene rings is 3. The molecular weight excluding hydrogens is 322 g/mol. The molecule has 1 amide bonds. The molecule has 3 heteroatoms. The second-order valence-corrected chi connectivity index (χ2v) is 6.50. The fraction of sp³-hybridized carbons (Fsp3) is 0.130. The van der Waals surface area contributed by atoms with Gasteiger partial charge in [-0.3, -0.25) is 9.59 Å². The summed E-state index contributed by atoms with van der Waals surface area (Å²) in [5.74, 6) is 0.0174. The number of carbonyl (C=O) groups excluding carboxylic acids is 2. The van der Waals surface area contributed by atoms with Crippen molar-refractivity contribution >= 4 is 17.4 Å². The summed E-state index contributed by atoms with van der Waals surface area (Å²) in [4.78, 5) is 27.0. The predicted octanol–water partition coefficient (Wildman–Crippen LogP) is 5.03. The number of ketones is 1. The first kappa shape index (κ1) is 16.3. The first-order valence-corrected chi connectivity index (χ1v) is 8.73. The molecule has 0 radical (unpaired) electrons. The van der Waals surface area contributed by atoms with Crippen LogP contribution in [0.2, 0.25) is 0 Å². The standard InChI is InChI=1S/C23H19NO2/c1-16(25)24-21-14-8-7-13-20(21)23(26)15-22(24)19-12-6-5-11-18(19)17-9-3-2-4-10-17/h2-14,22H,15H2,1H3. The van der Waals surface area contributed by atoms with Crippen LogP contribution in [0.1, 0.15) is 35.3 Å². The second-order valence-electron chi connectivity index (χ2n) is 6.50. The summed E-state index contributed by atoms with van der Waals surface area (Å²) in [6.07, 6.45) is 0.292. The highest BCUT2D eigenvalue weighted by atomic mass is 16.2. The Balaban J connectivity index is 1.89. The van der Waals surface area contributed by atoms with E-state index in [0.717, 1.165) is 16.7 Å². The summed E-state index contributed by atoms with van der Waals surface area (Å²) in [5, 5.41) is 0. The van der Waals surface area contributed by atoms with Gasteiger partial charge in [0, 0.05) is 18.9 Å². The molecule has 1 unspecified atom stereocenters. The lowest BCUT2D eigenvalue weighted by atomic mass is 9.86. The number of rotatable bonds is 2. The molecule has 26 heavy (non-hydrogen) atoms. The highest BCUT2D eigenvalue weighted by molar-refractivity contribution is 6.09. The monoisotopic (exact) mass is 341 g/mol. The third kappa shape index (κ3) is 2.72. The number of hydrogen-bond acceptors (Lipinski definition) is 2. The Morgan fingerprint density at radius 2 is 1.46 bits per heavy atom. The molecule has 0 aromatic heterocycles. The molecule has 3 aromatic carbocycles. The number of amides is 1.